The molecule has 3 aromatic carbocycles. The first kappa shape index (κ1) is 16.7. The largest absolute Gasteiger partial charge is 0.280 e. The Morgan fingerprint density at radius 2 is 1.56 bits per heavy atom. The van der Waals surface area contributed by atoms with Crippen LogP contribution < -0.4 is 11.0 Å². The SMILES string of the molecule is Cc1ccc(C(=O)Nn2c(-c3ccccc3)nc3ccccc3c2=O)cc1. The number of benzene rings is 3. The third-order valence-corrected chi connectivity index (χ3v) is 4.33. The van der Waals surface area contributed by atoms with Crippen molar-refractivity contribution < 1.29 is 4.79 Å². The fourth-order valence-corrected chi connectivity index (χ4v) is 2.89. The van der Waals surface area contributed by atoms with Crippen LogP contribution in [0.2, 0.25) is 0 Å². The van der Waals surface area contributed by atoms with Crippen molar-refractivity contribution in [2.24, 2.45) is 0 Å². The molecule has 4 rings (SSSR count). The van der Waals surface area contributed by atoms with Gasteiger partial charge in [0, 0.05) is 11.1 Å². The lowest BCUT2D eigenvalue weighted by molar-refractivity contribution is 0.101. The van der Waals surface area contributed by atoms with Gasteiger partial charge < -0.3 is 0 Å². The van der Waals surface area contributed by atoms with Gasteiger partial charge in [0.25, 0.3) is 11.5 Å². The van der Waals surface area contributed by atoms with E-state index < -0.39 is 0 Å². The molecule has 5 nitrogen and oxygen atoms in total. The number of amides is 1. The molecule has 132 valence electrons. The predicted molar refractivity (Wildman–Crippen MR) is 106 cm³/mol. The normalized spacial score (nSPS) is 10.7. The van der Waals surface area contributed by atoms with Crippen molar-refractivity contribution in [3.05, 3.63) is 100 Å². The van der Waals surface area contributed by atoms with Crippen molar-refractivity contribution in [3.8, 4) is 11.4 Å². The summed E-state index contributed by atoms with van der Waals surface area (Å²) in [6, 6.07) is 23.6. The summed E-state index contributed by atoms with van der Waals surface area (Å²) >= 11 is 0. The topological polar surface area (TPSA) is 64.0 Å². The number of aromatic nitrogens is 2. The maximum absolute atomic E-state index is 13.1. The first-order chi connectivity index (χ1) is 13.1. The number of hydrogen-bond acceptors (Lipinski definition) is 3. The number of nitrogens with zero attached hydrogens (tertiary/aromatic N) is 2. The molecule has 0 aliphatic heterocycles. The second-order valence-corrected chi connectivity index (χ2v) is 6.27. The van der Waals surface area contributed by atoms with Gasteiger partial charge in [-0.3, -0.25) is 15.0 Å². The lowest BCUT2D eigenvalue weighted by Gasteiger charge is -2.14. The Hall–Kier alpha value is -3.73. The third kappa shape index (κ3) is 3.22. The van der Waals surface area contributed by atoms with Gasteiger partial charge in [0.15, 0.2) is 5.82 Å². The van der Waals surface area contributed by atoms with Crippen molar-refractivity contribution in [3.63, 3.8) is 0 Å². The molecule has 1 N–H and O–H groups in total. The van der Waals surface area contributed by atoms with E-state index in [2.05, 4.69) is 10.4 Å². The Kier molecular flexibility index (Phi) is 4.26. The average Bonchev–Trinajstić information content (AvgIpc) is 2.71. The summed E-state index contributed by atoms with van der Waals surface area (Å²) < 4.78 is 1.22. The van der Waals surface area contributed by atoms with Gasteiger partial charge >= 0.3 is 0 Å². The highest BCUT2D eigenvalue weighted by molar-refractivity contribution is 6.00. The molecular weight excluding hydrogens is 338 g/mol. The number of carbonyl (C=O) groups is 1. The molecule has 4 aromatic rings. The lowest BCUT2D eigenvalue weighted by Crippen LogP contribution is -2.35. The van der Waals surface area contributed by atoms with E-state index in [0.29, 0.717) is 22.3 Å². The van der Waals surface area contributed by atoms with Crippen LogP contribution in [0.25, 0.3) is 22.3 Å². The van der Waals surface area contributed by atoms with E-state index in [9.17, 15) is 9.59 Å². The lowest BCUT2D eigenvalue weighted by atomic mass is 10.1. The number of rotatable bonds is 3. The van der Waals surface area contributed by atoms with E-state index in [4.69, 9.17) is 0 Å². The van der Waals surface area contributed by atoms with E-state index in [-0.39, 0.29) is 11.5 Å². The molecule has 0 radical (unpaired) electrons. The van der Waals surface area contributed by atoms with Crippen LogP contribution in [0.1, 0.15) is 15.9 Å². The molecule has 0 aliphatic carbocycles. The Labute approximate surface area is 155 Å². The number of hydrogen-bond donors (Lipinski definition) is 1. The Bertz CT molecular complexity index is 1180. The number of fused-ring (bicyclic) bond motifs is 1. The molecule has 5 heteroatoms. The number of aryl methyl sites for hydroxylation is 1. The second kappa shape index (κ2) is 6.88. The standard InChI is InChI=1S/C22H17N3O2/c1-15-11-13-17(14-12-15)21(26)24-25-20(16-7-3-2-4-8-16)23-19-10-6-5-9-18(19)22(25)27/h2-14H,1H3,(H,24,26). The molecule has 0 saturated carbocycles. The van der Waals surface area contributed by atoms with E-state index in [1.807, 2.05) is 55.5 Å². The van der Waals surface area contributed by atoms with E-state index in [0.717, 1.165) is 11.1 Å². The van der Waals surface area contributed by atoms with Crippen LogP contribution in [0, 0.1) is 6.92 Å². The van der Waals surface area contributed by atoms with Crippen molar-refractivity contribution in [2.75, 3.05) is 5.43 Å². The van der Waals surface area contributed by atoms with Gasteiger partial charge in [0.2, 0.25) is 0 Å². The number of carbonyl (C=O) groups excluding carboxylic acids is 1. The number of nitrogens with one attached hydrogen (secondary N) is 1. The zero-order valence-electron chi connectivity index (χ0n) is 14.7. The van der Waals surface area contributed by atoms with E-state index in [1.54, 1.807) is 30.3 Å². The van der Waals surface area contributed by atoms with Gasteiger partial charge in [-0.15, -0.1) is 0 Å². The van der Waals surface area contributed by atoms with Gasteiger partial charge in [-0.25, -0.2) is 4.98 Å². The highest BCUT2D eigenvalue weighted by Gasteiger charge is 2.15. The molecule has 27 heavy (non-hydrogen) atoms. The van der Waals surface area contributed by atoms with Gasteiger partial charge in [0.1, 0.15) is 0 Å². The van der Waals surface area contributed by atoms with Crippen LogP contribution in [-0.2, 0) is 0 Å². The van der Waals surface area contributed by atoms with Crippen molar-refractivity contribution >= 4 is 16.8 Å². The van der Waals surface area contributed by atoms with E-state index in [1.165, 1.54) is 4.68 Å². The fourth-order valence-electron chi connectivity index (χ4n) is 2.89. The molecule has 0 saturated heterocycles. The molecule has 0 spiro atoms. The van der Waals surface area contributed by atoms with Crippen molar-refractivity contribution in [1.82, 2.24) is 9.66 Å². The molecule has 1 amide bonds. The monoisotopic (exact) mass is 355 g/mol. The van der Waals surface area contributed by atoms with Crippen LogP contribution >= 0.6 is 0 Å². The summed E-state index contributed by atoms with van der Waals surface area (Å²) in [5.74, 6) is 0.0196. The third-order valence-electron chi connectivity index (χ3n) is 4.33. The molecule has 1 aromatic heterocycles. The summed E-state index contributed by atoms with van der Waals surface area (Å²) in [4.78, 5) is 30.4. The van der Waals surface area contributed by atoms with Gasteiger partial charge in [-0.05, 0) is 31.2 Å². The second-order valence-electron chi connectivity index (χ2n) is 6.27. The van der Waals surface area contributed by atoms with Crippen molar-refractivity contribution in [1.29, 1.82) is 0 Å². The summed E-state index contributed by atoms with van der Waals surface area (Å²) in [7, 11) is 0. The zero-order valence-corrected chi connectivity index (χ0v) is 14.7. The first-order valence-electron chi connectivity index (χ1n) is 8.59. The molecule has 0 aliphatic rings. The molecule has 0 atom stereocenters. The highest BCUT2D eigenvalue weighted by Crippen LogP contribution is 2.18. The molecule has 0 bridgehead atoms. The highest BCUT2D eigenvalue weighted by atomic mass is 16.2. The molecule has 0 unspecified atom stereocenters. The summed E-state index contributed by atoms with van der Waals surface area (Å²) in [6.45, 7) is 1.95. The quantitative estimate of drug-likeness (QED) is 0.609. The fraction of sp³-hybridized carbons (Fsp3) is 0.0455. The minimum Gasteiger partial charge on any atom is -0.267 e. The van der Waals surface area contributed by atoms with Crippen LogP contribution in [0.4, 0.5) is 0 Å². The smallest absolute Gasteiger partial charge is 0.267 e. The summed E-state index contributed by atoms with van der Waals surface area (Å²) in [5, 5.41) is 0.446. The zero-order chi connectivity index (χ0) is 18.8. The van der Waals surface area contributed by atoms with Gasteiger partial charge in [-0.2, -0.15) is 4.68 Å². The van der Waals surface area contributed by atoms with Crippen LogP contribution in [0.3, 0.4) is 0 Å². The maximum atomic E-state index is 13.1. The Morgan fingerprint density at radius 1 is 0.889 bits per heavy atom. The van der Waals surface area contributed by atoms with Crippen LogP contribution in [0.15, 0.2) is 83.7 Å². The average molecular weight is 355 g/mol. The predicted octanol–water partition coefficient (Wildman–Crippen LogP) is 3.76. The first-order valence-corrected chi connectivity index (χ1v) is 8.59. The number of para-hydroxylation sites is 1. The summed E-state index contributed by atoms with van der Waals surface area (Å²) in [5.41, 5.74) is 5.24. The van der Waals surface area contributed by atoms with Gasteiger partial charge in [-0.1, -0.05) is 60.2 Å². The van der Waals surface area contributed by atoms with Crippen LogP contribution in [-0.4, -0.2) is 15.6 Å². The molecular formula is C22H17N3O2. The summed E-state index contributed by atoms with van der Waals surface area (Å²) in [6.07, 6.45) is 0. The molecule has 1 heterocycles. The van der Waals surface area contributed by atoms with E-state index >= 15 is 0 Å². The van der Waals surface area contributed by atoms with Gasteiger partial charge in [0.05, 0.1) is 10.9 Å². The Morgan fingerprint density at radius 3 is 2.30 bits per heavy atom. The minimum atomic E-state index is -0.369. The minimum absolute atomic E-state index is 0.320. The molecule has 0 fully saturated rings. The van der Waals surface area contributed by atoms with Crippen molar-refractivity contribution in [2.45, 2.75) is 6.92 Å². The van der Waals surface area contributed by atoms with Crippen LogP contribution in [0.5, 0.6) is 0 Å². The Balaban J connectivity index is 1.87. The maximum Gasteiger partial charge on any atom is 0.280 e.